The monoisotopic (exact) mass is 306 g/mol. The Morgan fingerprint density at radius 1 is 1.05 bits per heavy atom. The lowest BCUT2D eigenvalue weighted by Gasteiger charge is -2.08. The molecule has 21 heavy (non-hydrogen) atoms. The van der Waals surface area contributed by atoms with Gasteiger partial charge in [0.05, 0.1) is 4.90 Å². The van der Waals surface area contributed by atoms with Crippen molar-refractivity contribution in [2.45, 2.75) is 18.7 Å². The summed E-state index contributed by atoms with van der Waals surface area (Å²) in [5, 5.41) is 0. The van der Waals surface area contributed by atoms with Crippen molar-refractivity contribution in [3.63, 3.8) is 0 Å². The zero-order valence-corrected chi connectivity index (χ0v) is 12.6. The number of benzene rings is 2. The molecular weight excluding hydrogens is 291 g/mol. The number of carbonyl (C=O) groups is 1. The van der Waals surface area contributed by atoms with Gasteiger partial charge in [-0.1, -0.05) is 12.1 Å². The Kier molecular flexibility index (Phi) is 4.23. The third-order valence-electron chi connectivity index (χ3n) is 3.17. The summed E-state index contributed by atoms with van der Waals surface area (Å²) in [6.45, 7) is 3.48. The Balaban J connectivity index is 2.31. The van der Waals surface area contributed by atoms with Crippen LogP contribution in [0.25, 0.3) is 0 Å². The maximum Gasteiger partial charge on any atom is 0.186 e. The fourth-order valence-electron chi connectivity index (χ4n) is 2.01. The number of aryl methyl sites for hydroxylation is 2. The highest BCUT2D eigenvalue weighted by Gasteiger charge is 2.22. The third kappa shape index (κ3) is 3.55. The largest absolute Gasteiger partial charge is 0.293 e. The van der Waals surface area contributed by atoms with E-state index in [1.54, 1.807) is 26.0 Å². The van der Waals surface area contributed by atoms with Crippen LogP contribution in [0.2, 0.25) is 0 Å². The van der Waals surface area contributed by atoms with Crippen molar-refractivity contribution in [1.82, 2.24) is 0 Å². The van der Waals surface area contributed by atoms with Gasteiger partial charge in [-0.05, 0) is 55.3 Å². The molecule has 110 valence electrons. The Hall–Kier alpha value is -2.01. The Bertz CT molecular complexity index is 778. The quantitative estimate of drug-likeness (QED) is 0.816. The van der Waals surface area contributed by atoms with Gasteiger partial charge < -0.3 is 0 Å². The fourth-order valence-corrected chi connectivity index (χ4v) is 3.60. The van der Waals surface area contributed by atoms with Crippen LogP contribution in [0.5, 0.6) is 0 Å². The highest BCUT2D eigenvalue weighted by molar-refractivity contribution is 7.92. The van der Waals surface area contributed by atoms with Gasteiger partial charge in [0.1, 0.15) is 11.6 Å². The first-order valence-corrected chi connectivity index (χ1v) is 8.03. The molecule has 0 amide bonds. The SMILES string of the molecule is Cc1ccc(C)c(S(=O)(=O)CC(=O)c2ccc(F)cc2)c1. The van der Waals surface area contributed by atoms with Crippen molar-refractivity contribution in [1.29, 1.82) is 0 Å². The molecule has 0 aliphatic rings. The summed E-state index contributed by atoms with van der Waals surface area (Å²) in [5.74, 6) is -1.64. The molecule has 3 nitrogen and oxygen atoms in total. The van der Waals surface area contributed by atoms with Gasteiger partial charge in [-0.3, -0.25) is 4.79 Å². The first-order chi connectivity index (χ1) is 9.79. The van der Waals surface area contributed by atoms with E-state index in [1.807, 2.05) is 6.07 Å². The summed E-state index contributed by atoms with van der Waals surface area (Å²) in [7, 11) is -3.71. The van der Waals surface area contributed by atoms with Crippen molar-refractivity contribution in [2.24, 2.45) is 0 Å². The Morgan fingerprint density at radius 3 is 2.29 bits per heavy atom. The van der Waals surface area contributed by atoms with Gasteiger partial charge in [0, 0.05) is 5.56 Å². The Morgan fingerprint density at radius 2 is 1.67 bits per heavy atom. The normalized spacial score (nSPS) is 11.4. The zero-order chi connectivity index (χ0) is 15.6. The molecule has 0 aliphatic carbocycles. The van der Waals surface area contributed by atoms with Crippen molar-refractivity contribution >= 4 is 15.6 Å². The molecule has 0 spiro atoms. The minimum atomic E-state index is -3.71. The smallest absolute Gasteiger partial charge is 0.186 e. The van der Waals surface area contributed by atoms with Crippen molar-refractivity contribution in [3.8, 4) is 0 Å². The van der Waals surface area contributed by atoms with Crippen LogP contribution < -0.4 is 0 Å². The molecule has 0 bridgehead atoms. The van der Waals surface area contributed by atoms with Gasteiger partial charge in [0.2, 0.25) is 0 Å². The highest BCUT2D eigenvalue weighted by Crippen LogP contribution is 2.19. The van der Waals surface area contributed by atoms with Crippen LogP contribution in [0.1, 0.15) is 21.5 Å². The molecule has 2 rings (SSSR count). The van der Waals surface area contributed by atoms with Crippen LogP contribution in [0.4, 0.5) is 4.39 Å². The summed E-state index contributed by atoms with van der Waals surface area (Å²) >= 11 is 0. The average Bonchev–Trinajstić information content (AvgIpc) is 2.41. The number of hydrogen-bond acceptors (Lipinski definition) is 3. The van der Waals surface area contributed by atoms with Gasteiger partial charge in [-0.25, -0.2) is 12.8 Å². The van der Waals surface area contributed by atoms with E-state index in [0.717, 1.165) is 17.7 Å². The van der Waals surface area contributed by atoms with Gasteiger partial charge in [-0.15, -0.1) is 0 Å². The Labute approximate surface area is 123 Å². The lowest BCUT2D eigenvalue weighted by Crippen LogP contribution is -2.17. The van der Waals surface area contributed by atoms with Crippen LogP contribution in [0.15, 0.2) is 47.4 Å². The number of Topliss-reactive ketones (excluding diaryl/α,β-unsaturated/α-hetero) is 1. The number of hydrogen-bond donors (Lipinski definition) is 0. The van der Waals surface area contributed by atoms with Gasteiger partial charge in [-0.2, -0.15) is 0 Å². The van der Waals surface area contributed by atoms with E-state index in [1.165, 1.54) is 12.1 Å². The van der Waals surface area contributed by atoms with Crippen LogP contribution in [-0.2, 0) is 9.84 Å². The highest BCUT2D eigenvalue weighted by atomic mass is 32.2. The molecule has 0 saturated heterocycles. The molecule has 0 heterocycles. The predicted octanol–water partition coefficient (Wildman–Crippen LogP) is 3.10. The van der Waals surface area contributed by atoms with Crippen LogP contribution >= 0.6 is 0 Å². The molecule has 5 heteroatoms. The lowest BCUT2D eigenvalue weighted by atomic mass is 10.1. The molecule has 0 atom stereocenters. The number of ketones is 1. The van der Waals surface area contributed by atoms with Crippen molar-refractivity contribution in [2.75, 3.05) is 5.75 Å². The van der Waals surface area contributed by atoms with Gasteiger partial charge in [0.15, 0.2) is 15.6 Å². The summed E-state index contributed by atoms with van der Waals surface area (Å²) in [6.07, 6.45) is 0. The second-order valence-electron chi connectivity index (χ2n) is 4.96. The average molecular weight is 306 g/mol. The molecule has 0 N–H and O–H groups in total. The topological polar surface area (TPSA) is 51.2 Å². The minimum absolute atomic E-state index is 0.165. The van der Waals surface area contributed by atoms with E-state index in [-0.39, 0.29) is 10.5 Å². The van der Waals surface area contributed by atoms with Crippen LogP contribution in [-0.4, -0.2) is 20.0 Å². The summed E-state index contributed by atoms with van der Waals surface area (Å²) in [6, 6.07) is 9.94. The number of carbonyl (C=O) groups excluding carboxylic acids is 1. The molecule has 0 aliphatic heterocycles. The van der Waals surface area contributed by atoms with Crippen molar-refractivity contribution < 1.29 is 17.6 Å². The fraction of sp³-hybridized carbons (Fsp3) is 0.188. The van der Waals surface area contributed by atoms with E-state index in [4.69, 9.17) is 0 Å². The maximum atomic E-state index is 12.8. The number of sulfone groups is 1. The summed E-state index contributed by atoms with van der Waals surface area (Å²) < 4.78 is 37.5. The van der Waals surface area contributed by atoms with E-state index in [0.29, 0.717) is 5.56 Å². The summed E-state index contributed by atoms with van der Waals surface area (Å²) in [4.78, 5) is 12.2. The molecule has 0 unspecified atom stereocenters. The molecule has 2 aromatic carbocycles. The summed E-state index contributed by atoms with van der Waals surface area (Å²) in [5.41, 5.74) is 1.60. The molecule has 0 fully saturated rings. The van der Waals surface area contributed by atoms with Crippen LogP contribution in [0, 0.1) is 19.7 Å². The van der Waals surface area contributed by atoms with Gasteiger partial charge in [0.25, 0.3) is 0 Å². The number of halogens is 1. The number of rotatable bonds is 4. The molecule has 0 radical (unpaired) electrons. The second kappa shape index (κ2) is 5.77. The van der Waals surface area contributed by atoms with E-state index in [2.05, 4.69) is 0 Å². The standard InChI is InChI=1S/C16H15FO3S/c1-11-3-4-12(2)16(9-11)21(19,20)10-15(18)13-5-7-14(17)8-6-13/h3-9H,10H2,1-2H3. The maximum absolute atomic E-state index is 12.8. The van der Waals surface area contributed by atoms with E-state index in [9.17, 15) is 17.6 Å². The van der Waals surface area contributed by atoms with E-state index < -0.39 is 27.2 Å². The third-order valence-corrected chi connectivity index (χ3v) is 4.92. The second-order valence-corrected chi connectivity index (χ2v) is 6.92. The van der Waals surface area contributed by atoms with Crippen LogP contribution in [0.3, 0.4) is 0 Å². The molecule has 0 saturated carbocycles. The minimum Gasteiger partial charge on any atom is -0.293 e. The van der Waals surface area contributed by atoms with Crippen molar-refractivity contribution in [3.05, 3.63) is 65.0 Å². The zero-order valence-electron chi connectivity index (χ0n) is 11.8. The predicted molar refractivity (Wildman–Crippen MR) is 78.7 cm³/mol. The van der Waals surface area contributed by atoms with E-state index >= 15 is 0 Å². The van der Waals surface area contributed by atoms with Gasteiger partial charge >= 0.3 is 0 Å². The molecular formula is C16H15FO3S. The molecule has 0 aromatic heterocycles. The molecule has 2 aromatic rings. The first-order valence-electron chi connectivity index (χ1n) is 6.38. The lowest BCUT2D eigenvalue weighted by molar-refractivity contribution is 0.102. The first kappa shape index (κ1) is 15.4.